The fourth-order valence-electron chi connectivity index (χ4n) is 2.50. The lowest BCUT2D eigenvalue weighted by Crippen LogP contribution is -2.44. The SMILES string of the molecule is CCCOc1ccc(/C=C2\SC(=S)N(NC(=O)c3ccc(OC)cc3)C2=O)cc1. The second-order valence-corrected chi connectivity index (χ2v) is 7.78. The molecule has 8 heteroatoms. The Morgan fingerprint density at radius 3 is 2.41 bits per heavy atom. The molecule has 2 aromatic rings. The predicted molar refractivity (Wildman–Crippen MR) is 118 cm³/mol. The molecule has 0 spiro atoms. The standard InChI is InChI=1S/C21H20N2O4S2/c1-3-12-27-17-8-4-14(5-9-17)13-18-20(25)23(21(28)29-18)22-19(24)15-6-10-16(26-2)11-7-15/h4-11,13H,3,12H2,1-2H3,(H,22,24)/b18-13-. The third-order valence-corrected chi connectivity index (χ3v) is 5.31. The minimum atomic E-state index is -0.428. The molecular weight excluding hydrogens is 408 g/mol. The van der Waals surface area contributed by atoms with Gasteiger partial charge in [0.1, 0.15) is 11.5 Å². The first kappa shape index (κ1) is 20.9. The van der Waals surface area contributed by atoms with Crippen molar-refractivity contribution in [2.45, 2.75) is 13.3 Å². The molecule has 0 radical (unpaired) electrons. The van der Waals surface area contributed by atoms with E-state index >= 15 is 0 Å². The van der Waals surface area contributed by atoms with Crippen molar-refractivity contribution in [3.63, 3.8) is 0 Å². The zero-order chi connectivity index (χ0) is 20.8. The maximum atomic E-state index is 12.7. The van der Waals surface area contributed by atoms with Crippen molar-refractivity contribution in [1.82, 2.24) is 10.4 Å². The van der Waals surface area contributed by atoms with Gasteiger partial charge in [0.2, 0.25) is 0 Å². The summed E-state index contributed by atoms with van der Waals surface area (Å²) in [7, 11) is 1.55. The van der Waals surface area contributed by atoms with E-state index < -0.39 is 5.91 Å². The minimum absolute atomic E-state index is 0.269. The Labute approximate surface area is 178 Å². The van der Waals surface area contributed by atoms with Crippen LogP contribution in [0.4, 0.5) is 0 Å². The predicted octanol–water partition coefficient (Wildman–Crippen LogP) is 4.03. The van der Waals surface area contributed by atoms with Crippen LogP contribution in [0.5, 0.6) is 11.5 Å². The molecule has 1 aliphatic rings. The Kier molecular flexibility index (Phi) is 6.90. The number of hydrazine groups is 1. The average Bonchev–Trinajstić information content (AvgIpc) is 3.00. The summed E-state index contributed by atoms with van der Waals surface area (Å²) in [6.07, 6.45) is 2.68. The van der Waals surface area contributed by atoms with Gasteiger partial charge in [-0.25, -0.2) is 0 Å². The Morgan fingerprint density at radius 2 is 1.79 bits per heavy atom. The topological polar surface area (TPSA) is 67.9 Å². The minimum Gasteiger partial charge on any atom is -0.497 e. The maximum absolute atomic E-state index is 12.7. The van der Waals surface area contributed by atoms with Gasteiger partial charge in [0.15, 0.2) is 4.32 Å². The van der Waals surface area contributed by atoms with Crippen LogP contribution >= 0.6 is 24.0 Å². The molecule has 2 amide bonds. The summed E-state index contributed by atoms with van der Waals surface area (Å²) in [5.41, 5.74) is 3.80. The lowest BCUT2D eigenvalue weighted by molar-refractivity contribution is -0.123. The summed E-state index contributed by atoms with van der Waals surface area (Å²) >= 11 is 6.40. The normalized spacial score (nSPS) is 15.0. The van der Waals surface area contributed by atoms with Crippen LogP contribution in [0.1, 0.15) is 29.3 Å². The number of rotatable bonds is 7. The fraction of sp³-hybridized carbons (Fsp3) is 0.190. The van der Waals surface area contributed by atoms with Gasteiger partial charge in [-0.3, -0.25) is 15.0 Å². The molecule has 0 aromatic heterocycles. The molecule has 0 unspecified atom stereocenters. The number of hydrogen-bond acceptors (Lipinski definition) is 6. The number of thiocarbonyl (C=S) groups is 1. The van der Waals surface area contributed by atoms with Crippen molar-refractivity contribution in [3.05, 3.63) is 64.6 Å². The van der Waals surface area contributed by atoms with Crippen LogP contribution in [0, 0.1) is 0 Å². The van der Waals surface area contributed by atoms with Crippen LogP contribution in [0.3, 0.4) is 0 Å². The molecule has 0 atom stereocenters. The van der Waals surface area contributed by atoms with E-state index in [4.69, 9.17) is 21.7 Å². The fourth-order valence-corrected chi connectivity index (χ4v) is 3.68. The number of carbonyl (C=O) groups excluding carboxylic acids is 2. The van der Waals surface area contributed by atoms with Crippen LogP contribution in [0.2, 0.25) is 0 Å². The first-order valence-electron chi connectivity index (χ1n) is 8.97. The van der Waals surface area contributed by atoms with Crippen LogP contribution in [0.15, 0.2) is 53.4 Å². The van der Waals surface area contributed by atoms with Crippen LogP contribution in [-0.2, 0) is 4.79 Å². The van der Waals surface area contributed by atoms with Gasteiger partial charge in [-0.15, -0.1) is 0 Å². The molecule has 0 bridgehead atoms. The van der Waals surface area contributed by atoms with Crippen molar-refractivity contribution in [2.75, 3.05) is 13.7 Å². The van der Waals surface area contributed by atoms with Gasteiger partial charge < -0.3 is 9.47 Å². The third kappa shape index (κ3) is 5.16. The van der Waals surface area contributed by atoms with E-state index in [-0.39, 0.29) is 10.2 Å². The number of amides is 2. The number of methoxy groups -OCH3 is 1. The molecule has 1 heterocycles. The van der Waals surface area contributed by atoms with Crippen molar-refractivity contribution in [1.29, 1.82) is 0 Å². The Morgan fingerprint density at radius 1 is 1.14 bits per heavy atom. The first-order chi connectivity index (χ1) is 14.0. The summed E-state index contributed by atoms with van der Waals surface area (Å²) < 4.78 is 10.9. The highest BCUT2D eigenvalue weighted by molar-refractivity contribution is 8.26. The largest absolute Gasteiger partial charge is 0.497 e. The van der Waals surface area contributed by atoms with Crippen molar-refractivity contribution < 1.29 is 19.1 Å². The first-order valence-corrected chi connectivity index (χ1v) is 10.2. The third-order valence-electron chi connectivity index (χ3n) is 4.01. The lowest BCUT2D eigenvalue weighted by Gasteiger charge is -2.15. The maximum Gasteiger partial charge on any atom is 0.285 e. The van der Waals surface area contributed by atoms with E-state index in [1.54, 1.807) is 37.5 Å². The quantitative estimate of drug-likeness (QED) is 0.531. The van der Waals surface area contributed by atoms with E-state index in [0.29, 0.717) is 22.8 Å². The second kappa shape index (κ2) is 9.58. The van der Waals surface area contributed by atoms with E-state index in [0.717, 1.165) is 34.5 Å². The molecule has 1 saturated heterocycles. The van der Waals surface area contributed by atoms with E-state index in [2.05, 4.69) is 5.43 Å². The average molecular weight is 429 g/mol. The zero-order valence-corrected chi connectivity index (χ0v) is 17.6. The number of hydrogen-bond donors (Lipinski definition) is 1. The van der Waals surface area contributed by atoms with E-state index in [1.807, 2.05) is 31.2 Å². The van der Waals surface area contributed by atoms with Gasteiger partial charge in [0.25, 0.3) is 11.8 Å². The Balaban J connectivity index is 1.68. The molecular formula is C21H20N2O4S2. The molecule has 2 aromatic carbocycles. The zero-order valence-electron chi connectivity index (χ0n) is 16.0. The molecule has 1 aliphatic heterocycles. The molecule has 1 fully saturated rings. The van der Waals surface area contributed by atoms with E-state index in [9.17, 15) is 9.59 Å². The number of nitrogens with one attached hydrogen (secondary N) is 1. The molecule has 6 nitrogen and oxygen atoms in total. The van der Waals surface area contributed by atoms with Crippen molar-refractivity contribution in [3.8, 4) is 11.5 Å². The molecule has 3 rings (SSSR count). The monoisotopic (exact) mass is 428 g/mol. The molecule has 1 N–H and O–H groups in total. The highest BCUT2D eigenvalue weighted by atomic mass is 32.2. The van der Waals surface area contributed by atoms with E-state index in [1.165, 1.54) is 0 Å². The smallest absolute Gasteiger partial charge is 0.285 e. The molecule has 0 aliphatic carbocycles. The number of ether oxygens (including phenoxy) is 2. The van der Waals surface area contributed by atoms with Gasteiger partial charge in [-0.1, -0.05) is 30.8 Å². The summed E-state index contributed by atoms with van der Waals surface area (Å²) in [5.74, 6) is 0.625. The number of nitrogens with zero attached hydrogens (tertiary/aromatic N) is 1. The van der Waals surface area contributed by atoms with Gasteiger partial charge >= 0.3 is 0 Å². The highest BCUT2D eigenvalue weighted by Crippen LogP contribution is 2.31. The van der Waals surface area contributed by atoms with Gasteiger partial charge in [-0.2, -0.15) is 5.01 Å². The summed E-state index contributed by atoms with van der Waals surface area (Å²) in [5, 5.41) is 1.09. The number of benzene rings is 2. The molecule has 150 valence electrons. The highest BCUT2D eigenvalue weighted by Gasteiger charge is 2.33. The van der Waals surface area contributed by atoms with Gasteiger partial charge in [-0.05, 0) is 66.7 Å². The summed E-state index contributed by atoms with van der Waals surface area (Å²) in [4.78, 5) is 25.6. The molecule has 0 saturated carbocycles. The number of carbonyl (C=O) groups is 2. The van der Waals surface area contributed by atoms with Gasteiger partial charge in [0, 0.05) is 5.56 Å². The summed E-state index contributed by atoms with van der Waals surface area (Å²) in [6.45, 7) is 2.70. The van der Waals surface area contributed by atoms with Crippen LogP contribution < -0.4 is 14.9 Å². The van der Waals surface area contributed by atoms with Gasteiger partial charge in [0.05, 0.1) is 18.6 Å². The van der Waals surface area contributed by atoms with Crippen molar-refractivity contribution >= 4 is 46.2 Å². The van der Waals surface area contributed by atoms with Crippen LogP contribution in [-0.4, -0.2) is 34.9 Å². The number of thioether (sulfide) groups is 1. The summed E-state index contributed by atoms with van der Waals surface area (Å²) in [6, 6.07) is 14.0. The van der Waals surface area contributed by atoms with Crippen molar-refractivity contribution in [2.24, 2.45) is 0 Å². The second-order valence-electron chi connectivity index (χ2n) is 6.10. The Hall–Kier alpha value is -2.84. The Bertz CT molecular complexity index is 940. The lowest BCUT2D eigenvalue weighted by atomic mass is 10.2. The molecule has 29 heavy (non-hydrogen) atoms. The van der Waals surface area contributed by atoms with Crippen LogP contribution in [0.25, 0.3) is 6.08 Å².